The Kier molecular flexibility index (Phi) is 6.49. The van der Waals surface area contributed by atoms with Crippen molar-refractivity contribution in [2.24, 2.45) is 0 Å². The van der Waals surface area contributed by atoms with Crippen LogP contribution in [0.1, 0.15) is 0 Å². The predicted octanol–water partition coefficient (Wildman–Crippen LogP) is 4.81. The van der Waals surface area contributed by atoms with Gasteiger partial charge in [-0.2, -0.15) is 0 Å². The van der Waals surface area contributed by atoms with E-state index in [1.807, 2.05) is 24.3 Å². The summed E-state index contributed by atoms with van der Waals surface area (Å²) in [7, 11) is 1.61. The first-order chi connectivity index (χ1) is 13.0. The molecule has 2 aromatic carbocycles. The topological polar surface area (TPSA) is 76.1 Å². The first-order valence-corrected chi connectivity index (χ1v) is 9.84. The van der Waals surface area contributed by atoms with Crippen LogP contribution in [0.4, 0.5) is 20.9 Å². The average Bonchev–Trinajstić information content (AvgIpc) is 3.11. The van der Waals surface area contributed by atoms with Crippen LogP contribution in [0.15, 0.2) is 46.8 Å². The van der Waals surface area contributed by atoms with Crippen molar-refractivity contribution in [1.29, 1.82) is 0 Å². The third-order valence-corrected chi connectivity index (χ3v) is 5.54. The maximum absolute atomic E-state index is 13.1. The number of hydrogen-bond acceptors (Lipinski definition) is 7. The molecular formula is C17H14ClFN4O2S2. The van der Waals surface area contributed by atoms with Gasteiger partial charge in [0.05, 0.1) is 17.9 Å². The number of amides is 1. The molecule has 0 atom stereocenters. The van der Waals surface area contributed by atoms with Gasteiger partial charge in [0.1, 0.15) is 11.6 Å². The molecule has 0 saturated heterocycles. The molecule has 0 bridgehead atoms. The van der Waals surface area contributed by atoms with Gasteiger partial charge in [0.15, 0.2) is 4.34 Å². The van der Waals surface area contributed by atoms with Crippen molar-refractivity contribution in [2.45, 2.75) is 4.34 Å². The average molecular weight is 425 g/mol. The Morgan fingerprint density at radius 3 is 2.67 bits per heavy atom. The summed E-state index contributed by atoms with van der Waals surface area (Å²) in [5.41, 5.74) is 1.29. The highest BCUT2D eigenvalue weighted by molar-refractivity contribution is 8.01. The van der Waals surface area contributed by atoms with E-state index in [4.69, 9.17) is 16.3 Å². The highest BCUT2D eigenvalue weighted by Crippen LogP contribution is 2.28. The number of aromatic nitrogens is 2. The third kappa shape index (κ3) is 5.56. The molecule has 0 saturated carbocycles. The lowest BCUT2D eigenvalue weighted by molar-refractivity contribution is -0.113. The minimum atomic E-state index is -0.533. The fraction of sp³-hybridized carbons (Fsp3) is 0.118. The predicted molar refractivity (Wildman–Crippen MR) is 107 cm³/mol. The van der Waals surface area contributed by atoms with E-state index < -0.39 is 5.82 Å². The molecule has 0 fully saturated rings. The van der Waals surface area contributed by atoms with E-state index in [-0.39, 0.29) is 16.7 Å². The third-order valence-electron chi connectivity index (χ3n) is 3.28. The van der Waals surface area contributed by atoms with Gasteiger partial charge in [-0.05, 0) is 42.5 Å². The number of rotatable bonds is 7. The van der Waals surface area contributed by atoms with Crippen molar-refractivity contribution in [3.8, 4) is 5.75 Å². The van der Waals surface area contributed by atoms with E-state index in [0.29, 0.717) is 15.2 Å². The quantitative estimate of drug-likeness (QED) is 0.530. The van der Waals surface area contributed by atoms with E-state index in [1.54, 1.807) is 7.11 Å². The van der Waals surface area contributed by atoms with Crippen LogP contribution < -0.4 is 15.4 Å². The normalized spacial score (nSPS) is 10.5. The smallest absolute Gasteiger partial charge is 0.234 e. The number of thioether (sulfide) groups is 1. The lowest BCUT2D eigenvalue weighted by Gasteiger charge is -2.05. The molecule has 1 aromatic heterocycles. The summed E-state index contributed by atoms with van der Waals surface area (Å²) in [5, 5.41) is 14.5. The van der Waals surface area contributed by atoms with Gasteiger partial charge in [0.25, 0.3) is 0 Å². The Morgan fingerprint density at radius 2 is 1.96 bits per heavy atom. The molecule has 0 aliphatic rings. The fourth-order valence-electron chi connectivity index (χ4n) is 2.01. The number of ether oxygens (including phenoxy) is 1. The van der Waals surface area contributed by atoms with Gasteiger partial charge < -0.3 is 15.4 Å². The largest absolute Gasteiger partial charge is 0.497 e. The molecule has 0 radical (unpaired) electrons. The van der Waals surface area contributed by atoms with Crippen LogP contribution in [0.3, 0.4) is 0 Å². The number of anilines is 3. The zero-order valence-electron chi connectivity index (χ0n) is 14.0. The van der Waals surface area contributed by atoms with E-state index in [2.05, 4.69) is 20.8 Å². The fourth-order valence-corrected chi connectivity index (χ4v) is 3.77. The van der Waals surface area contributed by atoms with Crippen molar-refractivity contribution >= 4 is 57.1 Å². The number of methoxy groups -OCH3 is 1. The molecule has 27 heavy (non-hydrogen) atoms. The molecule has 6 nitrogen and oxygen atoms in total. The maximum atomic E-state index is 13.1. The summed E-state index contributed by atoms with van der Waals surface area (Å²) < 4.78 is 18.9. The van der Waals surface area contributed by atoms with Gasteiger partial charge >= 0.3 is 0 Å². The summed E-state index contributed by atoms with van der Waals surface area (Å²) in [6.07, 6.45) is 0. The van der Waals surface area contributed by atoms with Crippen molar-refractivity contribution in [2.75, 3.05) is 23.5 Å². The van der Waals surface area contributed by atoms with Crippen LogP contribution in [0, 0.1) is 5.82 Å². The van der Waals surface area contributed by atoms with Gasteiger partial charge in [-0.25, -0.2) is 4.39 Å². The highest BCUT2D eigenvalue weighted by atomic mass is 35.5. The highest BCUT2D eigenvalue weighted by Gasteiger charge is 2.10. The SMILES string of the molecule is COc1ccc(Nc2nnc(SCC(=O)Nc3ccc(F)c(Cl)c3)s2)cc1. The Morgan fingerprint density at radius 1 is 1.22 bits per heavy atom. The second-order valence-electron chi connectivity index (χ2n) is 5.19. The van der Waals surface area contributed by atoms with Crippen molar-refractivity contribution < 1.29 is 13.9 Å². The van der Waals surface area contributed by atoms with Gasteiger partial charge in [-0.1, -0.05) is 34.7 Å². The van der Waals surface area contributed by atoms with Crippen LogP contribution in [-0.4, -0.2) is 29.0 Å². The van der Waals surface area contributed by atoms with E-state index >= 15 is 0 Å². The number of nitrogens with one attached hydrogen (secondary N) is 2. The molecule has 10 heteroatoms. The second kappa shape index (κ2) is 9.03. The van der Waals surface area contributed by atoms with Crippen molar-refractivity contribution in [3.63, 3.8) is 0 Å². The Hall–Kier alpha value is -2.36. The zero-order chi connectivity index (χ0) is 19.2. The second-order valence-corrected chi connectivity index (χ2v) is 7.80. The molecule has 1 amide bonds. The van der Waals surface area contributed by atoms with Crippen LogP contribution in [0.25, 0.3) is 0 Å². The molecule has 0 aliphatic carbocycles. The number of halogens is 2. The monoisotopic (exact) mass is 424 g/mol. The summed E-state index contributed by atoms with van der Waals surface area (Å²) in [6.45, 7) is 0. The molecule has 1 heterocycles. The molecule has 0 spiro atoms. The summed E-state index contributed by atoms with van der Waals surface area (Å²) in [4.78, 5) is 12.0. The number of hydrogen-bond donors (Lipinski definition) is 2. The number of carbonyl (C=O) groups is 1. The first-order valence-electron chi connectivity index (χ1n) is 7.66. The van der Waals surface area contributed by atoms with Gasteiger partial charge in [0.2, 0.25) is 11.0 Å². The summed E-state index contributed by atoms with van der Waals surface area (Å²) in [6, 6.07) is 11.4. The van der Waals surface area contributed by atoms with Gasteiger partial charge in [-0.15, -0.1) is 10.2 Å². The molecule has 140 valence electrons. The van der Waals surface area contributed by atoms with Crippen molar-refractivity contribution in [3.05, 3.63) is 53.3 Å². The van der Waals surface area contributed by atoms with Crippen LogP contribution in [0.2, 0.25) is 5.02 Å². The van der Waals surface area contributed by atoms with Crippen LogP contribution >= 0.6 is 34.7 Å². The van der Waals surface area contributed by atoms with E-state index in [1.165, 1.54) is 41.3 Å². The number of nitrogens with zero attached hydrogens (tertiary/aromatic N) is 2. The van der Waals surface area contributed by atoms with E-state index in [0.717, 1.165) is 11.4 Å². The van der Waals surface area contributed by atoms with Gasteiger partial charge in [0, 0.05) is 11.4 Å². The minimum absolute atomic E-state index is 0.0428. The standard InChI is InChI=1S/C17H14ClFN4O2S2/c1-25-12-5-2-10(3-6-12)21-16-22-23-17(27-16)26-9-15(24)20-11-4-7-14(19)13(18)8-11/h2-8H,9H2,1H3,(H,20,24)(H,21,22). The number of carbonyl (C=O) groups excluding carboxylic acids is 1. The van der Waals surface area contributed by atoms with Crippen LogP contribution in [-0.2, 0) is 4.79 Å². The Bertz CT molecular complexity index is 937. The van der Waals surface area contributed by atoms with Gasteiger partial charge in [-0.3, -0.25) is 4.79 Å². The van der Waals surface area contributed by atoms with Crippen molar-refractivity contribution in [1.82, 2.24) is 10.2 Å². The molecular weight excluding hydrogens is 411 g/mol. The van der Waals surface area contributed by atoms with Crippen LogP contribution in [0.5, 0.6) is 5.75 Å². The summed E-state index contributed by atoms with van der Waals surface area (Å²) in [5.74, 6) is 0.131. The summed E-state index contributed by atoms with van der Waals surface area (Å²) >= 11 is 8.29. The lowest BCUT2D eigenvalue weighted by Crippen LogP contribution is -2.13. The molecule has 2 N–H and O–H groups in total. The molecule has 3 rings (SSSR count). The Labute approximate surface area is 168 Å². The van der Waals surface area contributed by atoms with E-state index in [9.17, 15) is 9.18 Å². The minimum Gasteiger partial charge on any atom is -0.497 e. The molecule has 3 aromatic rings. The first kappa shape index (κ1) is 19.4. The number of benzene rings is 2. The zero-order valence-corrected chi connectivity index (χ0v) is 16.4. The molecule has 0 unspecified atom stereocenters. The maximum Gasteiger partial charge on any atom is 0.234 e. The lowest BCUT2D eigenvalue weighted by atomic mass is 10.3. The molecule has 0 aliphatic heterocycles. The Balaban J connectivity index is 1.51.